The van der Waals surface area contributed by atoms with Crippen molar-refractivity contribution in [1.82, 2.24) is 20.2 Å². The quantitative estimate of drug-likeness (QED) is 0.413. The second kappa shape index (κ2) is 10.6. The number of carbonyl (C=O) groups is 2. The molecule has 0 unspecified atom stereocenters. The van der Waals surface area contributed by atoms with Crippen LogP contribution < -0.4 is 5.32 Å². The molecule has 2 saturated carbocycles. The van der Waals surface area contributed by atoms with Crippen LogP contribution in [0.4, 0.5) is 5.69 Å². The second-order valence-electron chi connectivity index (χ2n) is 10.5. The van der Waals surface area contributed by atoms with Crippen molar-refractivity contribution in [2.75, 3.05) is 5.32 Å². The highest BCUT2D eigenvalue weighted by molar-refractivity contribution is 6.01. The molecule has 5 rings (SSSR count). The Balaban J connectivity index is 1.11. The number of hydrogen-bond donors (Lipinski definition) is 3. The van der Waals surface area contributed by atoms with Gasteiger partial charge >= 0.3 is 5.97 Å². The Bertz CT molecular complexity index is 1170. The molecule has 0 aliphatic heterocycles. The van der Waals surface area contributed by atoms with E-state index in [1.807, 2.05) is 42.5 Å². The third-order valence-electron chi connectivity index (χ3n) is 8.10. The summed E-state index contributed by atoms with van der Waals surface area (Å²) in [5.41, 5.74) is 3.21. The first-order valence-electron chi connectivity index (χ1n) is 12.9. The highest BCUT2D eigenvalue weighted by Gasteiger charge is 2.39. The third-order valence-corrected chi connectivity index (χ3v) is 8.10. The van der Waals surface area contributed by atoms with E-state index < -0.39 is 5.97 Å². The zero-order chi connectivity index (χ0) is 25.0. The molecule has 36 heavy (non-hydrogen) atoms. The second-order valence-corrected chi connectivity index (χ2v) is 10.5. The van der Waals surface area contributed by atoms with Gasteiger partial charge in [-0.2, -0.15) is 0 Å². The van der Waals surface area contributed by atoms with Crippen LogP contribution in [0.15, 0.2) is 48.7 Å². The first kappa shape index (κ1) is 24.2. The molecule has 2 fully saturated rings. The lowest BCUT2D eigenvalue weighted by Crippen LogP contribution is -2.32. The largest absolute Gasteiger partial charge is 0.481 e. The number of carboxylic acid groups (broad SMARTS) is 1. The predicted molar refractivity (Wildman–Crippen MR) is 136 cm³/mol. The van der Waals surface area contributed by atoms with Gasteiger partial charge in [-0.05, 0) is 80.4 Å². The van der Waals surface area contributed by atoms with E-state index in [1.165, 1.54) is 12.8 Å². The number of amides is 1. The van der Waals surface area contributed by atoms with Gasteiger partial charge in [-0.15, -0.1) is 10.2 Å². The topological polar surface area (TPSA) is 121 Å². The smallest absolute Gasteiger partial charge is 0.303 e. The Morgan fingerprint density at radius 1 is 0.972 bits per heavy atom. The summed E-state index contributed by atoms with van der Waals surface area (Å²) >= 11 is 0. The van der Waals surface area contributed by atoms with Crippen LogP contribution >= 0.6 is 0 Å². The van der Waals surface area contributed by atoms with Crippen LogP contribution in [0, 0.1) is 11.3 Å². The van der Waals surface area contributed by atoms with E-state index in [9.17, 15) is 9.59 Å². The van der Waals surface area contributed by atoms with E-state index in [-0.39, 0.29) is 11.7 Å². The number of aromatic amines is 1. The summed E-state index contributed by atoms with van der Waals surface area (Å²) in [4.78, 5) is 31.3. The molecule has 8 nitrogen and oxygen atoms in total. The molecule has 0 saturated heterocycles. The van der Waals surface area contributed by atoms with Gasteiger partial charge in [0.2, 0.25) is 5.82 Å². The number of benzene rings is 1. The fraction of sp³-hybridized carbons (Fsp3) is 0.464. The van der Waals surface area contributed by atoms with Crippen LogP contribution in [0.1, 0.15) is 91.4 Å². The summed E-state index contributed by atoms with van der Waals surface area (Å²) in [6.45, 7) is 0. The maximum absolute atomic E-state index is 12.6. The molecule has 188 valence electrons. The van der Waals surface area contributed by atoms with Crippen LogP contribution in [0.25, 0.3) is 0 Å². The van der Waals surface area contributed by atoms with E-state index in [0.29, 0.717) is 41.6 Å². The molecule has 2 aliphatic rings. The fourth-order valence-electron chi connectivity index (χ4n) is 5.95. The van der Waals surface area contributed by atoms with Gasteiger partial charge in [0.05, 0.1) is 11.9 Å². The van der Waals surface area contributed by atoms with Crippen molar-refractivity contribution in [3.05, 3.63) is 71.6 Å². The minimum absolute atomic E-state index is 0.181. The normalized spacial score (nSPS) is 23.9. The number of aliphatic carboxylic acids is 1. The van der Waals surface area contributed by atoms with E-state index in [0.717, 1.165) is 49.8 Å². The average Bonchev–Trinajstić information content (AvgIpc) is 3.36. The van der Waals surface area contributed by atoms with E-state index >= 15 is 0 Å². The number of H-pyrrole nitrogens is 1. The number of nitrogens with one attached hydrogen (secondary N) is 2. The first-order valence-corrected chi connectivity index (χ1v) is 12.9. The fourth-order valence-corrected chi connectivity index (χ4v) is 5.95. The Labute approximate surface area is 211 Å². The Hall–Kier alpha value is -3.55. The lowest BCUT2D eigenvalue weighted by molar-refractivity contribution is -0.138. The van der Waals surface area contributed by atoms with Gasteiger partial charge in [-0.3, -0.25) is 14.6 Å². The number of anilines is 1. The van der Waals surface area contributed by atoms with Crippen molar-refractivity contribution in [3.63, 3.8) is 0 Å². The molecule has 3 N–H and O–H groups in total. The molecular formula is C28H33N5O3. The van der Waals surface area contributed by atoms with Gasteiger partial charge in [0.25, 0.3) is 5.91 Å². The van der Waals surface area contributed by atoms with Crippen LogP contribution in [-0.2, 0) is 11.2 Å². The van der Waals surface area contributed by atoms with Gasteiger partial charge in [0.1, 0.15) is 5.82 Å². The van der Waals surface area contributed by atoms with E-state index in [2.05, 4.69) is 25.5 Å². The van der Waals surface area contributed by atoms with Gasteiger partial charge in [0, 0.05) is 24.5 Å². The molecular weight excluding hydrogens is 454 g/mol. The molecule has 0 bridgehead atoms. The van der Waals surface area contributed by atoms with Gasteiger partial charge < -0.3 is 15.4 Å². The summed E-state index contributed by atoms with van der Waals surface area (Å²) in [7, 11) is 0. The zero-order valence-corrected chi connectivity index (χ0v) is 20.4. The highest BCUT2D eigenvalue weighted by atomic mass is 16.4. The maximum atomic E-state index is 12.6. The predicted octanol–water partition coefficient (Wildman–Crippen LogP) is 5.35. The van der Waals surface area contributed by atoms with Gasteiger partial charge in [-0.1, -0.05) is 30.3 Å². The Morgan fingerprint density at radius 2 is 1.69 bits per heavy atom. The van der Waals surface area contributed by atoms with Crippen molar-refractivity contribution >= 4 is 17.6 Å². The summed E-state index contributed by atoms with van der Waals surface area (Å²) in [6.07, 6.45) is 11.6. The summed E-state index contributed by atoms with van der Waals surface area (Å²) in [5.74, 6) is 0.606. The van der Waals surface area contributed by atoms with Crippen molar-refractivity contribution in [1.29, 1.82) is 0 Å². The molecule has 1 spiro atoms. The van der Waals surface area contributed by atoms with Crippen LogP contribution in [-0.4, -0.2) is 37.1 Å². The molecule has 0 radical (unpaired) electrons. The molecule has 2 aliphatic carbocycles. The molecule has 8 heteroatoms. The molecule has 2 aromatic heterocycles. The lowest BCUT2D eigenvalue weighted by Gasteiger charge is -2.44. The maximum Gasteiger partial charge on any atom is 0.303 e. The standard InChI is InChI=1S/C28H33N5O3/c34-25(35)17-20-8-12-28(13-9-20)14-10-21(11-15-28)23-7-6-22(18-29-23)30-27(36)26-31-24(32-33-26)16-19-4-2-1-3-5-19/h1-7,18,20-21H,8-17H2,(H,30,36)(H,34,35)(H,31,32,33). The summed E-state index contributed by atoms with van der Waals surface area (Å²) in [5, 5.41) is 20.0. The minimum Gasteiger partial charge on any atom is -0.481 e. The zero-order valence-electron chi connectivity index (χ0n) is 20.4. The molecule has 1 amide bonds. The number of nitrogens with zero attached hydrogens (tertiary/aromatic N) is 3. The summed E-state index contributed by atoms with van der Waals surface area (Å²) < 4.78 is 0. The van der Waals surface area contributed by atoms with E-state index in [4.69, 9.17) is 5.11 Å². The number of carbonyl (C=O) groups excluding carboxylic acids is 1. The van der Waals surface area contributed by atoms with Crippen LogP contribution in [0.5, 0.6) is 0 Å². The van der Waals surface area contributed by atoms with Gasteiger partial charge in [-0.25, -0.2) is 0 Å². The van der Waals surface area contributed by atoms with Crippen LogP contribution in [0.3, 0.4) is 0 Å². The molecule has 1 aromatic carbocycles. The Kier molecular flexibility index (Phi) is 7.11. The van der Waals surface area contributed by atoms with Crippen molar-refractivity contribution in [2.45, 2.75) is 70.1 Å². The number of hydrogen-bond acceptors (Lipinski definition) is 5. The molecule has 0 atom stereocenters. The van der Waals surface area contributed by atoms with Gasteiger partial charge in [0.15, 0.2) is 0 Å². The van der Waals surface area contributed by atoms with E-state index in [1.54, 1.807) is 6.20 Å². The number of rotatable bonds is 7. The van der Waals surface area contributed by atoms with Crippen molar-refractivity contribution in [3.8, 4) is 0 Å². The molecule has 3 aromatic rings. The average molecular weight is 488 g/mol. The SMILES string of the molecule is O=C(O)CC1CCC2(CC1)CCC(c1ccc(NC(=O)c3nnc(Cc4ccccc4)[nH]3)cn1)CC2. The highest BCUT2D eigenvalue weighted by Crippen LogP contribution is 2.52. The lowest BCUT2D eigenvalue weighted by atomic mass is 9.61. The number of carboxylic acids is 1. The monoisotopic (exact) mass is 487 g/mol. The summed E-state index contributed by atoms with van der Waals surface area (Å²) in [6, 6.07) is 13.8. The van der Waals surface area contributed by atoms with Crippen molar-refractivity contribution in [2.24, 2.45) is 11.3 Å². The minimum atomic E-state index is -0.668. The number of pyridine rings is 1. The Morgan fingerprint density at radius 3 is 2.36 bits per heavy atom. The number of aromatic nitrogens is 4. The van der Waals surface area contributed by atoms with Crippen molar-refractivity contribution < 1.29 is 14.7 Å². The van der Waals surface area contributed by atoms with Crippen LogP contribution in [0.2, 0.25) is 0 Å². The molecule has 2 heterocycles. The third kappa shape index (κ3) is 5.80. The first-order chi connectivity index (χ1) is 17.5.